The number of esters is 1. The van der Waals surface area contributed by atoms with E-state index >= 15 is 0 Å². The summed E-state index contributed by atoms with van der Waals surface area (Å²) >= 11 is 0. The number of benzene rings is 1. The monoisotopic (exact) mass is 654 g/mol. The van der Waals surface area contributed by atoms with Crippen LogP contribution < -0.4 is 21.6 Å². The summed E-state index contributed by atoms with van der Waals surface area (Å²) in [5.41, 5.74) is 14.2. The third-order valence-electron chi connectivity index (χ3n) is 9.97. The molecule has 0 unspecified atom stereocenters. The maximum absolute atomic E-state index is 14.0. The Morgan fingerprint density at radius 1 is 1.02 bits per heavy atom. The maximum atomic E-state index is 14.0. The fourth-order valence-electron chi connectivity index (χ4n) is 7.55. The highest BCUT2D eigenvalue weighted by Gasteiger charge is 2.64. The normalized spacial score (nSPS) is 24.6. The molecule has 3 aromatic heterocycles. The number of carbonyl (C=O) groups is 1. The van der Waals surface area contributed by atoms with Crippen molar-refractivity contribution in [1.29, 1.82) is 0 Å². The molecule has 4 atom stereocenters. The number of carbonyl (C=O) groups excluding carboxylic acids is 1. The van der Waals surface area contributed by atoms with Crippen LogP contribution in [0.5, 0.6) is 11.5 Å². The summed E-state index contributed by atoms with van der Waals surface area (Å²) < 4.78 is 24.7. The van der Waals surface area contributed by atoms with Crippen molar-refractivity contribution in [3.8, 4) is 22.8 Å². The lowest BCUT2D eigenvalue weighted by Crippen LogP contribution is -2.52. The summed E-state index contributed by atoms with van der Waals surface area (Å²) in [5, 5.41) is 11.5. The third kappa shape index (κ3) is 5.53. The lowest BCUT2D eigenvalue weighted by molar-refractivity contribution is -0.170. The Balaban J connectivity index is 1.12. The zero-order valence-electron chi connectivity index (χ0n) is 28.0. The number of nitrogens with zero attached hydrogens (tertiary/aromatic N) is 2. The van der Waals surface area contributed by atoms with Crippen LogP contribution in [-0.2, 0) is 20.7 Å². The van der Waals surface area contributed by atoms with Crippen molar-refractivity contribution in [2.75, 3.05) is 11.5 Å². The van der Waals surface area contributed by atoms with Gasteiger partial charge in [-0.25, -0.2) is 14.8 Å². The molecule has 11 nitrogen and oxygen atoms in total. The highest BCUT2D eigenvalue weighted by Crippen LogP contribution is 2.53. The quantitative estimate of drug-likeness (QED) is 0.168. The molecular weight excluding hydrogens is 612 g/mol. The van der Waals surface area contributed by atoms with Gasteiger partial charge in [0.1, 0.15) is 51.6 Å². The van der Waals surface area contributed by atoms with Crippen LogP contribution in [0.15, 0.2) is 45.6 Å². The molecule has 0 radical (unpaired) electrons. The molecule has 5 N–H and O–H groups in total. The SMILES string of the molecule is Cc1cc(=O)c2c(O)c3c(cc2o1)OC(C)(C)[C@@H]1OC(=O)[C@]2(CCCC[C@H]31)O[C@@H]2CCc1cc(N)nc(-c2cc(N)nc(C(C)C)c2)c1. The lowest BCUT2D eigenvalue weighted by atomic mass is 9.77. The van der Waals surface area contributed by atoms with Crippen LogP contribution in [-0.4, -0.2) is 44.5 Å². The predicted octanol–water partition coefficient (Wildman–Crippen LogP) is 6.06. The number of anilines is 2. The van der Waals surface area contributed by atoms with Crippen molar-refractivity contribution in [3.63, 3.8) is 0 Å². The Morgan fingerprint density at radius 3 is 2.56 bits per heavy atom. The van der Waals surface area contributed by atoms with Crippen molar-refractivity contribution in [2.24, 2.45) is 0 Å². The average Bonchev–Trinajstić information content (AvgIpc) is 3.70. The molecule has 0 saturated carbocycles. The first-order chi connectivity index (χ1) is 22.8. The molecule has 11 heteroatoms. The van der Waals surface area contributed by atoms with E-state index in [0.717, 1.165) is 29.7 Å². The van der Waals surface area contributed by atoms with Crippen LogP contribution in [0, 0.1) is 6.92 Å². The minimum Gasteiger partial charge on any atom is -0.507 e. The van der Waals surface area contributed by atoms with E-state index in [4.69, 9.17) is 30.1 Å². The fourth-order valence-corrected chi connectivity index (χ4v) is 7.55. The number of aromatic hydroxyl groups is 1. The Labute approximate surface area is 278 Å². The summed E-state index contributed by atoms with van der Waals surface area (Å²) in [7, 11) is 0. The summed E-state index contributed by atoms with van der Waals surface area (Å²) in [4.78, 5) is 35.9. The first-order valence-corrected chi connectivity index (χ1v) is 16.7. The van der Waals surface area contributed by atoms with Crippen LogP contribution >= 0.6 is 0 Å². The molecule has 1 spiro atoms. The Bertz CT molecular complexity index is 2000. The summed E-state index contributed by atoms with van der Waals surface area (Å²) in [6, 6.07) is 10.6. The number of aryl methyl sites for hydroxylation is 2. The van der Waals surface area contributed by atoms with Crippen molar-refractivity contribution in [1.82, 2.24) is 9.97 Å². The highest BCUT2D eigenvalue weighted by atomic mass is 16.7. The van der Waals surface area contributed by atoms with E-state index in [9.17, 15) is 14.7 Å². The summed E-state index contributed by atoms with van der Waals surface area (Å²) in [6.45, 7) is 9.55. The summed E-state index contributed by atoms with van der Waals surface area (Å²) in [6.07, 6.45) is 2.82. The van der Waals surface area contributed by atoms with Crippen LogP contribution in [0.1, 0.15) is 94.2 Å². The van der Waals surface area contributed by atoms with Gasteiger partial charge >= 0.3 is 5.97 Å². The zero-order chi connectivity index (χ0) is 34.1. The van der Waals surface area contributed by atoms with E-state index in [-0.39, 0.29) is 40.1 Å². The molecule has 0 aliphatic carbocycles. The van der Waals surface area contributed by atoms with Crippen LogP contribution in [0.3, 0.4) is 0 Å². The topological polar surface area (TPSA) is 176 Å². The average molecular weight is 655 g/mol. The molecule has 6 heterocycles. The van der Waals surface area contributed by atoms with E-state index in [2.05, 4.69) is 23.8 Å². The van der Waals surface area contributed by atoms with Crippen molar-refractivity contribution in [3.05, 3.63) is 69.2 Å². The Kier molecular flexibility index (Phi) is 7.65. The van der Waals surface area contributed by atoms with Crippen molar-refractivity contribution >= 4 is 28.6 Å². The molecule has 252 valence electrons. The Hall–Kier alpha value is -4.64. The number of aromatic nitrogens is 2. The number of rotatable bonds is 5. The lowest BCUT2D eigenvalue weighted by Gasteiger charge is -2.44. The molecule has 3 aliphatic heterocycles. The number of fused-ring (bicyclic) bond motifs is 4. The van der Waals surface area contributed by atoms with Gasteiger partial charge in [0.15, 0.2) is 11.0 Å². The number of nitrogen functional groups attached to an aromatic ring is 2. The van der Waals surface area contributed by atoms with E-state index in [0.29, 0.717) is 60.1 Å². The second kappa shape index (κ2) is 11.5. The molecule has 3 aliphatic rings. The standard InChI is InChI=1S/C37H42N4O7/c1-18(2)23-15-21(16-30(39)40-23)24-13-20(14-29(38)41-24)9-10-28-37(48-28)11-7-6-8-22-31-27(47-36(4,5)34(22)46-35(37)44)17-26-32(33(31)43)25(42)12-19(3)45-26/h12-18,22,28,34,43H,6-11H2,1-5H3,(H2,38,41)(H2,39,40)/t22-,28-,34-,37-/m1/s1. The van der Waals surface area contributed by atoms with Crippen LogP contribution in [0.25, 0.3) is 22.2 Å². The van der Waals surface area contributed by atoms with Gasteiger partial charge in [-0.15, -0.1) is 0 Å². The zero-order valence-corrected chi connectivity index (χ0v) is 28.0. The number of phenolic OH excluding ortho intramolecular Hbond substituents is 1. The molecule has 4 aromatic rings. The van der Waals surface area contributed by atoms with Gasteiger partial charge in [0.2, 0.25) is 0 Å². The van der Waals surface area contributed by atoms with Gasteiger partial charge in [0.05, 0.1) is 11.8 Å². The van der Waals surface area contributed by atoms with E-state index in [1.54, 1.807) is 19.1 Å². The number of hydrogen-bond acceptors (Lipinski definition) is 11. The molecule has 2 fully saturated rings. The minimum absolute atomic E-state index is 0.0994. The molecule has 48 heavy (non-hydrogen) atoms. The second-order valence-electron chi connectivity index (χ2n) is 14.3. The number of epoxide rings is 1. The maximum Gasteiger partial charge on any atom is 0.341 e. The fraction of sp³-hybridized carbons (Fsp3) is 0.459. The van der Waals surface area contributed by atoms with E-state index in [1.807, 2.05) is 32.0 Å². The third-order valence-corrected chi connectivity index (χ3v) is 9.97. The number of pyridine rings is 2. The van der Waals surface area contributed by atoms with Gasteiger partial charge in [0, 0.05) is 34.9 Å². The molecule has 1 aromatic carbocycles. The highest BCUT2D eigenvalue weighted by molar-refractivity contribution is 5.88. The first-order valence-electron chi connectivity index (χ1n) is 16.7. The van der Waals surface area contributed by atoms with Gasteiger partial charge in [-0.2, -0.15) is 0 Å². The van der Waals surface area contributed by atoms with Crippen molar-refractivity contribution < 1.29 is 28.5 Å². The molecule has 0 bridgehead atoms. The molecule has 2 saturated heterocycles. The number of hydrogen-bond donors (Lipinski definition) is 3. The van der Waals surface area contributed by atoms with Gasteiger partial charge in [-0.1, -0.05) is 20.3 Å². The van der Waals surface area contributed by atoms with Gasteiger partial charge in [-0.3, -0.25) is 4.79 Å². The van der Waals surface area contributed by atoms with E-state index in [1.165, 1.54) is 6.07 Å². The smallest absolute Gasteiger partial charge is 0.341 e. The Morgan fingerprint density at radius 2 is 1.79 bits per heavy atom. The first kappa shape index (κ1) is 31.9. The number of ether oxygens (including phenoxy) is 3. The number of nitrogens with two attached hydrogens (primary N) is 2. The minimum atomic E-state index is -1.05. The number of phenols is 1. The van der Waals surface area contributed by atoms with Gasteiger partial charge in [-0.05, 0) is 88.6 Å². The summed E-state index contributed by atoms with van der Waals surface area (Å²) in [5.74, 6) is 0.894. The largest absolute Gasteiger partial charge is 0.507 e. The molecule has 7 rings (SSSR count). The van der Waals surface area contributed by atoms with E-state index < -0.39 is 23.3 Å². The van der Waals surface area contributed by atoms with Crippen molar-refractivity contribution in [2.45, 2.75) is 108 Å². The van der Waals surface area contributed by atoms with Crippen LogP contribution in [0.2, 0.25) is 0 Å². The predicted molar refractivity (Wildman–Crippen MR) is 181 cm³/mol. The molecule has 0 amide bonds. The second-order valence-corrected chi connectivity index (χ2v) is 14.3. The molecular formula is C37H42N4O7. The van der Waals surface area contributed by atoms with Gasteiger partial charge < -0.3 is 35.2 Å². The van der Waals surface area contributed by atoms with Crippen LogP contribution in [0.4, 0.5) is 11.6 Å². The van der Waals surface area contributed by atoms with Gasteiger partial charge in [0.25, 0.3) is 0 Å².